The van der Waals surface area contributed by atoms with Crippen molar-refractivity contribution in [3.63, 3.8) is 0 Å². The molecule has 0 bridgehead atoms. The van der Waals surface area contributed by atoms with Crippen LogP contribution in [0.2, 0.25) is 0 Å². The minimum atomic E-state index is -0.0781. The van der Waals surface area contributed by atoms with E-state index in [4.69, 9.17) is 4.98 Å². The van der Waals surface area contributed by atoms with Gasteiger partial charge >= 0.3 is 0 Å². The number of pyridine rings is 1. The van der Waals surface area contributed by atoms with Crippen molar-refractivity contribution >= 4 is 21.5 Å². The number of rotatable bonds is 1. The monoisotopic (exact) mass is 337 g/mol. The van der Waals surface area contributed by atoms with Crippen molar-refractivity contribution in [1.29, 1.82) is 0 Å². The number of hydrogen-bond donors (Lipinski definition) is 0. The first-order valence-corrected chi connectivity index (χ1v) is 9.44. The Bertz CT molecular complexity index is 1180. The third-order valence-electron chi connectivity index (χ3n) is 6.04. The summed E-state index contributed by atoms with van der Waals surface area (Å²) in [5.41, 5.74) is 6.49. The summed E-state index contributed by atoms with van der Waals surface area (Å²) >= 11 is 0. The number of benzene rings is 3. The molecule has 1 nitrogen and oxygen atoms in total. The molecule has 3 aromatic carbocycles. The maximum atomic E-state index is 4.94. The Hall–Kier alpha value is -2.67. The normalized spacial score (nSPS) is 14.8. The van der Waals surface area contributed by atoms with Crippen molar-refractivity contribution in [2.45, 2.75) is 39.0 Å². The Kier molecular flexibility index (Phi) is 3.10. The van der Waals surface area contributed by atoms with Gasteiger partial charge in [0.15, 0.2) is 0 Å². The van der Waals surface area contributed by atoms with Gasteiger partial charge in [0.05, 0.1) is 5.69 Å². The SMILES string of the molecule is CC(C)c1ccc2cnc3c(c2c1)C(C)(C)c1cccc2cccc-3c12. The fourth-order valence-electron chi connectivity index (χ4n) is 4.62. The van der Waals surface area contributed by atoms with Crippen LogP contribution in [0.3, 0.4) is 0 Å². The van der Waals surface area contributed by atoms with E-state index in [-0.39, 0.29) is 5.41 Å². The molecule has 0 saturated heterocycles. The number of hydrogen-bond acceptors (Lipinski definition) is 1. The average Bonchev–Trinajstić information content (AvgIpc) is 2.64. The summed E-state index contributed by atoms with van der Waals surface area (Å²) in [5.74, 6) is 0.519. The van der Waals surface area contributed by atoms with Crippen molar-refractivity contribution in [2.75, 3.05) is 0 Å². The highest BCUT2D eigenvalue weighted by molar-refractivity contribution is 6.05. The molecule has 0 unspecified atom stereocenters. The van der Waals surface area contributed by atoms with Crippen LogP contribution in [-0.4, -0.2) is 4.98 Å². The first kappa shape index (κ1) is 15.6. The molecule has 4 aromatic rings. The topological polar surface area (TPSA) is 12.9 Å². The summed E-state index contributed by atoms with van der Waals surface area (Å²) in [6.07, 6.45) is 2.04. The predicted octanol–water partition coefficient (Wildman–Crippen LogP) is 6.82. The molecule has 0 N–H and O–H groups in total. The standard InChI is InChI=1S/C25H23N/c1-15(2)17-11-12-18-14-26-24-19-9-5-7-16-8-6-10-21(22(16)19)25(3,4)23(24)20(18)13-17/h5-15H,1-4H3. The van der Waals surface area contributed by atoms with Crippen LogP contribution in [0.5, 0.6) is 0 Å². The predicted molar refractivity (Wildman–Crippen MR) is 111 cm³/mol. The molecule has 0 atom stereocenters. The molecule has 0 spiro atoms. The van der Waals surface area contributed by atoms with E-state index >= 15 is 0 Å². The summed E-state index contributed by atoms with van der Waals surface area (Å²) in [6, 6.07) is 20.1. The van der Waals surface area contributed by atoms with E-state index in [0.29, 0.717) is 5.92 Å². The van der Waals surface area contributed by atoms with E-state index < -0.39 is 0 Å². The molecular weight excluding hydrogens is 314 g/mol. The van der Waals surface area contributed by atoms with Gasteiger partial charge in [-0.15, -0.1) is 0 Å². The van der Waals surface area contributed by atoms with Gasteiger partial charge in [0.2, 0.25) is 0 Å². The van der Waals surface area contributed by atoms with Crippen LogP contribution in [0.15, 0.2) is 60.8 Å². The van der Waals surface area contributed by atoms with Crippen molar-refractivity contribution < 1.29 is 0 Å². The molecule has 1 aliphatic carbocycles. The van der Waals surface area contributed by atoms with E-state index in [1.807, 2.05) is 6.20 Å². The maximum Gasteiger partial charge on any atom is 0.0755 e. The molecule has 0 radical (unpaired) electrons. The van der Waals surface area contributed by atoms with E-state index in [0.717, 1.165) is 5.69 Å². The Labute approximate surface area is 154 Å². The van der Waals surface area contributed by atoms with E-state index in [1.54, 1.807) is 0 Å². The minimum Gasteiger partial charge on any atom is -0.255 e. The Balaban J connectivity index is 1.98. The molecule has 0 saturated carbocycles. The summed E-state index contributed by atoms with van der Waals surface area (Å²) in [7, 11) is 0. The first-order chi connectivity index (χ1) is 12.5. The van der Waals surface area contributed by atoms with Crippen LogP contribution < -0.4 is 0 Å². The molecule has 26 heavy (non-hydrogen) atoms. The van der Waals surface area contributed by atoms with Crippen molar-refractivity contribution in [3.8, 4) is 11.3 Å². The van der Waals surface area contributed by atoms with Gasteiger partial charge in [-0.05, 0) is 38.8 Å². The number of nitrogens with zero attached hydrogens (tertiary/aromatic N) is 1. The lowest BCUT2D eigenvalue weighted by molar-refractivity contribution is 0.648. The van der Waals surface area contributed by atoms with Crippen LogP contribution in [-0.2, 0) is 5.41 Å². The van der Waals surface area contributed by atoms with Gasteiger partial charge in [-0.1, -0.05) is 82.3 Å². The lowest BCUT2D eigenvalue weighted by atomic mass is 9.68. The van der Waals surface area contributed by atoms with Crippen LogP contribution >= 0.6 is 0 Å². The van der Waals surface area contributed by atoms with Crippen LogP contribution in [0.4, 0.5) is 0 Å². The smallest absolute Gasteiger partial charge is 0.0755 e. The number of fused-ring (bicyclic) bond motifs is 4. The largest absolute Gasteiger partial charge is 0.255 e. The van der Waals surface area contributed by atoms with Crippen LogP contribution in [0, 0.1) is 0 Å². The molecule has 5 rings (SSSR count). The summed E-state index contributed by atoms with van der Waals surface area (Å²) in [6.45, 7) is 9.21. The molecule has 1 heteroatoms. The second-order valence-corrected chi connectivity index (χ2v) is 8.32. The highest BCUT2D eigenvalue weighted by Gasteiger charge is 2.35. The fraction of sp³-hybridized carbons (Fsp3) is 0.240. The first-order valence-electron chi connectivity index (χ1n) is 9.44. The minimum absolute atomic E-state index is 0.0781. The van der Waals surface area contributed by atoms with Crippen molar-refractivity contribution in [3.05, 3.63) is 77.5 Å². The average molecular weight is 337 g/mol. The maximum absolute atomic E-state index is 4.94. The zero-order valence-corrected chi connectivity index (χ0v) is 15.8. The lowest BCUT2D eigenvalue weighted by Gasteiger charge is -2.35. The molecule has 0 aliphatic heterocycles. The summed E-state index contributed by atoms with van der Waals surface area (Å²) in [4.78, 5) is 4.94. The second kappa shape index (κ2) is 5.17. The van der Waals surface area contributed by atoms with E-state index in [1.165, 1.54) is 43.8 Å². The molecule has 1 heterocycles. The van der Waals surface area contributed by atoms with Crippen molar-refractivity contribution in [2.24, 2.45) is 0 Å². The third kappa shape index (κ3) is 1.94. The summed E-state index contributed by atoms with van der Waals surface area (Å²) in [5, 5.41) is 5.24. The van der Waals surface area contributed by atoms with Crippen molar-refractivity contribution in [1.82, 2.24) is 4.98 Å². The van der Waals surface area contributed by atoms with Gasteiger partial charge in [-0.2, -0.15) is 0 Å². The third-order valence-corrected chi connectivity index (χ3v) is 6.04. The zero-order valence-electron chi connectivity index (χ0n) is 15.8. The van der Waals surface area contributed by atoms with E-state index in [9.17, 15) is 0 Å². The molecule has 1 aromatic heterocycles. The molecule has 0 fully saturated rings. The molecular formula is C25H23N. The van der Waals surface area contributed by atoms with Gasteiger partial charge < -0.3 is 0 Å². The molecule has 1 aliphatic rings. The zero-order chi connectivity index (χ0) is 18.1. The van der Waals surface area contributed by atoms with Crippen LogP contribution in [0.1, 0.15) is 50.3 Å². The van der Waals surface area contributed by atoms with Gasteiger partial charge in [0.25, 0.3) is 0 Å². The summed E-state index contributed by atoms with van der Waals surface area (Å²) < 4.78 is 0. The van der Waals surface area contributed by atoms with Gasteiger partial charge in [-0.3, -0.25) is 4.98 Å². The molecule has 0 amide bonds. The van der Waals surface area contributed by atoms with Gasteiger partial charge in [0, 0.05) is 22.6 Å². The Morgan fingerprint density at radius 3 is 2.42 bits per heavy atom. The Morgan fingerprint density at radius 1 is 0.885 bits per heavy atom. The quantitative estimate of drug-likeness (QED) is 0.371. The highest BCUT2D eigenvalue weighted by atomic mass is 14.7. The highest BCUT2D eigenvalue weighted by Crippen LogP contribution is 2.50. The lowest BCUT2D eigenvalue weighted by Crippen LogP contribution is -2.24. The van der Waals surface area contributed by atoms with Gasteiger partial charge in [0.1, 0.15) is 0 Å². The Morgan fingerprint density at radius 2 is 1.65 bits per heavy atom. The van der Waals surface area contributed by atoms with Crippen LogP contribution in [0.25, 0.3) is 32.8 Å². The molecule has 128 valence electrons. The second-order valence-electron chi connectivity index (χ2n) is 8.32. The van der Waals surface area contributed by atoms with E-state index in [2.05, 4.69) is 82.3 Å². The van der Waals surface area contributed by atoms with Gasteiger partial charge in [-0.25, -0.2) is 0 Å². The fourth-order valence-corrected chi connectivity index (χ4v) is 4.62. The number of aromatic nitrogens is 1.